The van der Waals surface area contributed by atoms with Gasteiger partial charge < -0.3 is 24.4 Å². The van der Waals surface area contributed by atoms with Gasteiger partial charge in [0.1, 0.15) is 17.0 Å². The number of benzene rings is 1. The van der Waals surface area contributed by atoms with Crippen molar-refractivity contribution in [3.8, 4) is 17.0 Å². The van der Waals surface area contributed by atoms with Crippen molar-refractivity contribution in [3.63, 3.8) is 0 Å². The fraction of sp³-hybridized carbons (Fsp3) is 0.583. The first-order valence-electron chi connectivity index (χ1n) is 11.4. The summed E-state index contributed by atoms with van der Waals surface area (Å²) in [6, 6.07) is 4.07. The van der Waals surface area contributed by atoms with E-state index < -0.39 is 5.60 Å². The number of aromatic nitrogens is 3. The maximum atomic E-state index is 12.4. The Labute approximate surface area is 195 Å². The first-order valence-corrected chi connectivity index (χ1v) is 11.4. The highest BCUT2D eigenvalue weighted by Crippen LogP contribution is 2.33. The van der Waals surface area contributed by atoms with Crippen molar-refractivity contribution < 1.29 is 19.0 Å². The number of nitrogens with one attached hydrogen (secondary N) is 1. The third-order valence-electron chi connectivity index (χ3n) is 5.17. The van der Waals surface area contributed by atoms with Crippen LogP contribution < -0.4 is 10.1 Å². The van der Waals surface area contributed by atoms with Gasteiger partial charge in [-0.15, -0.1) is 10.2 Å². The summed E-state index contributed by atoms with van der Waals surface area (Å²) in [6.45, 7) is 13.5. The van der Waals surface area contributed by atoms with Gasteiger partial charge in [-0.05, 0) is 71.6 Å². The number of nitrogens with zero attached hydrogens (tertiary/aromatic N) is 4. The average Bonchev–Trinajstić information content (AvgIpc) is 2.73. The second kappa shape index (κ2) is 10.8. The molecule has 1 aliphatic rings. The largest absolute Gasteiger partial charge is 0.467 e. The number of rotatable bonds is 7. The molecule has 0 aliphatic carbocycles. The zero-order chi connectivity index (χ0) is 24.0. The third kappa shape index (κ3) is 7.02. The third-order valence-corrected chi connectivity index (χ3v) is 5.17. The molecule has 1 aromatic heterocycles. The minimum atomic E-state index is -0.514. The minimum absolute atomic E-state index is 0.0325. The van der Waals surface area contributed by atoms with E-state index >= 15 is 0 Å². The van der Waals surface area contributed by atoms with Gasteiger partial charge in [0.2, 0.25) is 5.95 Å². The zero-order valence-corrected chi connectivity index (χ0v) is 20.5. The molecule has 0 radical (unpaired) electrons. The summed E-state index contributed by atoms with van der Waals surface area (Å²) in [5.74, 6) is 1.12. The van der Waals surface area contributed by atoms with Gasteiger partial charge in [-0.1, -0.05) is 6.07 Å². The van der Waals surface area contributed by atoms with E-state index in [9.17, 15) is 4.79 Å². The molecule has 0 saturated carbocycles. The van der Waals surface area contributed by atoms with E-state index in [-0.39, 0.29) is 18.9 Å². The minimum Gasteiger partial charge on any atom is -0.467 e. The molecule has 9 heteroatoms. The van der Waals surface area contributed by atoms with Gasteiger partial charge in [0, 0.05) is 31.3 Å². The normalized spacial score (nSPS) is 16.4. The van der Waals surface area contributed by atoms with Crippen LogP contribution in [0.25, 0.3) is 11.3 Å². The Morgan fingerprint density at radius 3 is 2.70 bits per heavy atom. The molecule has 9 nitrogen and oxygen atoms in total. The summed E-state index contributed by atoms with van der Waals surface area (Å²) in [6.07, 6.45) is 3.19. The standard InChI is InChI=1S/C24H35N5O4/c1-7-31-15-32-20-12-16(2)11-17(3)21(20)19-13-25-22(28-27-19)26-18-9-8-10-29(14-18)23(30)33-24(4,5)6/h11-13,18H,7-10,14-15H2,1-6H3,(H,25,26,28)/t18-/m1/s1. The van der Waals surface area contributed by atoms with Crippen molar-refractivity contribution in [1.29, 1.82) is 0 Å². The van der Waals surface area contributed by atoms with E-state index in [4.69, 9.17) is 14.2 Å². The molecule has 180 valence electrons. The van der Waals surface area contributed by atoms with Crippen molar-refractivity contribution in [2.24, 2.45) is 0 Å². The number of amides is 1. The van der Waals surface area contributed by atoms with Crippen LogP contribution in [0, 0.1) is 13.8 Å². The number of carbonyl (C=O) groups is 1. The molecule has 1 aliphatic heterocycles. The Morgan fingerprint density at radius 2 is 2.03 bits per heavy atom. The van der Waals surface area contributed by atoms with E-state index in [1.165, 1.54) is 0 Å². The number of anilines is 1. The molecular weight excluding hydrogens is 422 g/mol. The van der Waals surface area contributed by atoms with E-state index in [2.05, 4.69) is 26.6 Å². The summed E-state index contributed by atoms with van der Waals surface area (Å²) in [4.78, 5) is 18.6. The zero-order valence-electron chi connectivity index (χ0n) is 20.5. The summed E-state index contributed by atoms with van der Waals surface area (Å²) < 4.78 is 16.7. The quantitative estimate of drug-likeness (QED) is 0.484. The van der Waals surface area contributed by atoms with Crippen LogP contribution in [-0.2, 0) is 9.47 Å². The topological polar surface area (TPSA) is 98.7 Å². The Balaban J connectivity index is 1.69. The fourth-order valence-electron chi connectivity index (χ4n) is 3.78. The lowest BCUT2D eigenvalue weighted by Crippen LogP contribution is -2.47. The lowest BCUT2D eigenvalue weighted by atomic mass is 10.0. The molecule has 1 amide bonds. The molecule has 1 fully saturated rings. The van der Waals surface area contributed by atoms with Gasteiger partial charge >= 0.3 is 6.09 Å². The average molecular weight is 458 g/mol. The van der Waals surface area contributed by atoms with Crippen LogP contribution in [-0.4, -0.2) is 64.3 Å². The number of hydrogen-bond donors (Lipinski definition) is 1. The second-order valence-corrected chi connectivity index (χ2v) is 9.29. The number of ether oxygens (including phenoxy) is 3. The molecular formula is C24H35N5O4. The van der Waals surface area contributed by atoms with E-state index in [1.54, 1.807) is 11.1 Å². The maximum Gasteiger partial charge on any atom is 0.410 e. The van der Waals surface area contributed by atoms with Crippen LogP contribution in [0.5, 0.6) is 5.75 Å². The Hall–Kier alpha value is -2.94. The first-order chi connectivity index (χ1) is 15.7. The molecule has 2 aromatic rings. The molecule has 33 heavy (non-hydrogen) atoms. The molecule has 3 rings (SSSR count). The highest BCUT2D eigenvalue weighted by atomic mass is 16.7. The summed E-state index contributed by atoms with van der Waals surface area (Å²) >= 11 is 0. The maximum absolute atomic E-state index is 12.4. The molecule has 1 atom stereocenters. The number of aryl methyl sites for hydroxylation is 2. The van der Waals surface area contributed by atoms with Crippen LogP contribution in [0.3, 0.4) is 0 Å². The van der Waals surface area contributed by atoms with Crippen LogP contribution >= 0.6 is 0 Å². The molecule has 1 N–H and O–H groups in total. The Bertz CT molecular complexity index is 943. The van der Waals surface area contributed by atoms with Crippen molar-refractivity contribution >= 4 is 12.0 Å². The lowest BCUT2D eigenvalue weighted by molar-refractivity contribution is 0.0205. The van der Waals surface area contributed by atoms with Crippen LogP contribution in [0.1, 0.15) is 51.7 Å². The molecule has 2 heterocycles. The van der Waals surface area contributed by atoms with Gasteiger partial charge in [-0.25, -0.2) is 9.78 Å². The second-order valence-electron chi connectivity index (χ2n) is 9.29. The van der Waals surface area contributed by atoms with E-state index in [1.807, 2.05) is 47.6 Å². The van der Waals surface area contributed by atoms with Gasteiger partial charge in [-0.2, -0.15) is 0 Å². The van der Waals surface area contributed by atoms with Gasteiger partial charge in [0.05, 0.1) is 6.20 Å². The van der Waals surface area contributed by atoms with Crippen LogP contribution in [0.15, 0.2) is 18.3 Å². The van der Waals surface area contributed by atoms with Crippen molar-refractivity contribution in [3.05, 3.63) is 29.5 Å². The molecule has 1 saturated heterocycles. The predicted molar refractivity (Wildman–Crippen MR) is 126 cm³/mol. The lowest BCUT2D eigenvalue weighted by Gasteiger charge is -2.34. The van der Waals surface area contributed by atoms with Gasteiger partial charge in [0.25, 0.3) is 0 Å². The highest BCUT2D eigenvalue weighted by Gasteiger charge is 2.28. The monoisotopic (exact) mass is 457 g/mol. The smallest absolute Gasteiger partial charge is 0.410 e. The van der Waals surface area contributed by atoms with E-state index in [0.29, 0.717) is 37.1 Å². The SMILES string of the molecule is CCOCOc1cc(C)cc(C)c1-c1cnc(N[C@@H]2CCCN(C(=O)OC(C)(C)C)C2)nn1. The molecule has 0 unspecified atom stereocenters. The Kier molecular flexibility index (Phi) is 8.07. The van der Waals surface area contributed by atoms with Gasteiger partial charge in [0.15, 0.2) is 6.79 Å². The van der Waals surface area contributed by atoms with Crippen molar-refractivity contribution in [2.45, 2.75) is 66.0 Å². The highest BCUT2D eigenvalue weighted by molar-refractivity contribution is 5.71. The number of hydrogen-bond acceptors (Lipinski definition) is 8. The van der Waals surface area contributed by atoms with Crippen LogP contribution in [0.2, 0.25) is 0 Å². The molecule has 0 bridgehead atoms. The summed E-state index contributed by atoms with van der Waals surface area (Å²) in [5.41, 5.74) is 3.08. The fourth-order valence-corrected chi connectivity index (χ4v) is 3.78. The first kappa shape index (κ1) is 24.7. The molecule has 0 spiro atoms. The number of piperidine rings is 1. The predicted octanol–water partition coefficient (Wildman–Crippen LogP) is 4.34. The van der Waals surface area contributed by atoms with Crippen molar-refractivity contribution in [2.75, 3.05) is 31.8 Å². The van der Waals surface area contributed by atoms with Gasteiger partial charge in [-0.3, -0.25) is 0 Å². The van der Waals surface area contributed by atoms with Crippen LogP contribution in [0.4, 0.5) is 10.7 Å². The molecule has 1 aromatic carbocycles. The summed E-state index contributed by atoms with van der Waals surface area (Å²) in [7, 11) is 0. The number of carbonyl (C=O) groups excluding carboxylic acids is 1. The van der Waals surface area contributed by atoms with Crippen molar-refractivity contribution in [1.82, 2.24) is 20.1 Å². The summed E-state index contributed by atoms with van der Waals surface area (Å²) in [5, 5.41) is 12.0. The number of likely N-dealkylation sites (tertiary alicyclic amines) is 1. The van der Waals surface area contributed by atoms with E-state index in [0.717, 1.165) is 29.5 Å². The Morgan fingerprint density at radius 1 is 1.24 bits per heavy atom.